The van der Waals surface area contributed by atoms with Crippen LogP contribution in [-0.2, 0) is 20.6 Å². The SMILES string of the molecule is Cc1cn(CC2CC=CCC2COC(C(=O)O)P(=O)(O)O)c(=O)[nH]c1=O. The Balaban J connectivity index is 2.13. The summed E-state index contributed by atoms with van der Waals surface area (Å²) in [5.74, 6) is -4.29. The summed E-state index contributed by atoms with van der Waals surface area (Å²) in [6.07, 6.45) is 6.36. The van der Waals surface area contributed by atoms with Gasteiger partial charge in [0.1, 0.15) is 0 Å². The second-order valence-corrected chi connectivity index (χ2v) is 7.95. The molecular weight excluding hydrogens is 367 g/mol. The number of carboxylic acid groups (broad SMARTS) is 1. The first-order chi connectivity index (χ1) is 12.1. The van der Waals surface area contributed by atoms with E-state index in [4.69, 9.17) is 19.6 Å². The third kappa shape index (κ3) is 5.01. The molecule has 3 atom stereocenters. The molecule has 1 aliphatic carbocycles. The highest BCUT2D eigenvalue weighted by Gasteiger charge is 2.38. The molecular formula is C15H21N2O8P. The van der Waals surface area contributed by atoms with E-state index < -0.39 is 30.7 Å². The van der Waals surface area contributed by atoms with Crippen LogP contribution in [0.25, 0.3) is 0 Å². The van der Waals surface area contributed by atoms with Crippen LogP contribution >= 0.6 is 7.60 Å². The van der Waals surface area contributed by atoms with E-state index in [0.717, 1.165) is 0 Å². The first-order valence-corrected chi connectivity index (χ1v) is 9.62. The predicted octanol–water partition coefficient (Wildman–Crippen LogP) is 0.0324. The number of nitrogens with one attached hydrogen (secondary N) is 1. The summed E-state index contributed by atoms with van der Waals surface area (Å²) in [6.45, 7) is 1.67. The second-order valence-electron chi connectivity index (χ2n) is 6.30. The van der Waals surface area contributed by atoms with Crippen LogP contribution in [0, 0.1) is 18.8 Å². The number of aromatic amines is 1. The van der Waals surface area contributed by atoms with Gasteiger partial charge in [0.15, 0.2) is 0 Å². The molecule has 144 valence electrons. The molecule has 0 radical (unpaired) electrons. The summed E-state index contributed by atoms with van der Waals surface area (Å²) in [5.41, 5.74) is -0.620. The number of ether oxygens (including phenoxy) is 1. The fourth-order valence-electron chi connectivity index (χ4n) is 2.89. The molecule has 1 aromatic heterocycles. The Morgan fingerprint density at radius 3 is 2.54 bits per heavy atom. The molecule has 1 aliphatic rings. The highest BCUT2D eigenvalue weighted by Crippen LogP contribution is 2.42. The Morgan fingerprint density at radius 2 is 1.96 bits per heavy atom. The molecule has 1 aromatic rings. The maximum atomic E-state index is 11.9. The lowest BCUT2D eigenvalue weighted by molar-refractivity contribution is -0.146. The van der Waals surface area contributed by atoms with Gasteiger partial charge in [0, 0.05) is 18.3 Å². The topological polar surface area (TPSA) is 159 Å². The van der Waals surface area contributed by atoms with Gasteiger partial charge in [-0.05, 0) is 31.6 Å². The van der Waals surface area contributed by atoms with Crippen LogP contribution in [0.3, 0.4) is 0 Å². The van der Waals surface area contributed by atoms with Gasteiger partial charge in [0.05, 0.1) is 6.61 Å². The molecule has 0 spiro atoms. The first-order valence-electron chi connectivity index (χ1n) is 7.94. The maximum absolute atomic E-state index is 11.9. The van der Waals surface area contributed by atoms with Gasteiger partial charge in [-0.15, -0.1) is 0 Å². The van der Waals surface area contributed by atoms with E-state index in [-0.39, 0.29) is 25.0 Å². The molecule has 0 saturated carbocycles. The summed E-state index contributed by atoms with van der Waals surface area (Å²) in [7, 11) is -4.94. The average molecular weight is 388 g/mol. The number of aromatic nitrogens is 2. The molecule has 0 aromatic carbocycles. The second kappa shape index (κ2) is 8.13. The number of hydrogen-bond donors (Lipinski definition) is 4. The maximum Gasteiger partial charge on any atom is 0.365 e. The number of carboxylic acids is 1. The fraction of sp³-hybridized carbons (Fsp3) is 0.533. The van der Waals surface area contributed by atoms with Gasteiger partial charge in [-0.1, -0.05) is 12.2 Å². The lowest BCUT2D eigenvalue weighted by atomic mass is 9.83. The Labute approximate surface area is 148 Å². The van der Waals surface area contributed by atoms with E-state index in [1.165, 1.54) is 10.8 Å². The van der Waals surface area contributed by atoms with Crippen molar-refractivity contribution < 1.29 is 29.0 Å². The summed E-state index contributed by atoms with van der Waals surface area (Å²) in [5, 5.41) is 8.92. The van der Waals surface area contributed by atoms with Gasteiger partial charge in [0.2, 0.25) is 0 Å². The molecule has 0 aliphatic heterocycles. The molecule has 0 bridgehead atoms. The van der Waals surface area contributed by atoms with E-state index in [9.17, 15) is 18.9 Å². The van der Waals surface area contributed by atoms with Gasteiger partial charge >= 0.3 is 19.3 Å². The lowest BCUT2D eigenvalue weighted by Crippen LogP contribution is -2.36. The standard InChI is InChI=1S/C15H21N2O8P/c1-9-6-17(15(21)16-12(9)18)7-10-4-2-3-5-11(10)8-25-14(13(19)20)26(22,23)24/h2-3,6,10-11,14H,4-5,7-8H2,1H3,(H,19,20)(H,16,18,21)(H2,22,23,24). The van der Waals surface area contributed by atoms with Crippen molar-refractivity contribution in [1.82, 2.24) is 9.55 Å². The average Bonchev–Trinajstić information content (AvgIpc) is 2.52. The molecule has 26 heavy (non-hydrogen) atoms. The zero-order valence-corrected chi connectivity index (χ0v) is 15.0. The third-order valence-electron chi connectivity index (χ3n) is 4.32. The molecule has 3 unspecified atom stereocenters. The molecule has 0 saturated heterocycles. The van der Waals surface area contributed by atoms with E-state index >= 15 is 0 Å². The predicted molar refractivity (Wildman–Crippen MR) is 90.8 cm³/mol. The van der Waals surface area contributed by atoms with E-state index in [0.29, 0.717) is 18.4 Å². The summed E-state index contributed by atoms with van der Waals surface area (Å²) >= 11 is 0. The molecule has 10 nitrogen and oxygen atoms in total. The molecule has 1 heterocycles. The van der Waals surface area contributed by atoms with Crippen molar-refractivity contribution >= 4 is 13.6 Å². The minimum Gasteiger partial charge on any atom is -0.479 e. The number of carbonyl (C=O) groups is 1. The van der Waals surface area contributed by atoms with Crippen LogP contribution in [0.5, 0.6) is 0 Å². The summed E-state index contributed by atoms with van der Waals surface area (Å²) in [4.78, 5) is 54.8. The number of aryl methyl sites for hydroxylation is 1. The number of hydrogen-bond acceptors (Lipinski definition) is 5. The van der Waals surface area contributed by atoms with E-state index in [1.54, 1.807) is 6.92 Å². The van der Waals surface area contributed by atoms with Crippen molar-refractivity contribution in [3.8, 4) is 0 Å². The van der Waals surface area contributed by atoms with E-state index in [2.05, 4.69) is 4.98 Å². The van der Waals surface area contributed by atoms with Gasteiger partial charge in [-0.3, -0.25) is 14.3 Å². The number of nitrogens with zero attached hydrogens (tertiary/aromatic N) is 1. The Kier molecular flexibility index (Phi) is 6.35. The van der Waals surface area contributed by atoms with Crippen LogP contribution < -0.4 is 11.2 Å². The number of H-pyrrole nitrogens is 1. The van der Waals surface area contributed by atoms with Crippen molar-refractivity contribution in [3.05, 3.63) is 44.8 Å². The smallest absolute Gasteiger partial charge is 0.365 e. The van der Waals surface area contributed by atoms with Crippen LogP contribution in [-0.4, -0.2) is 42.9 Å². The van der Waals surface area contributed by atoms with E-state index in [1.807, 2.05) is 12.2 Å². The zero-order valence-electron chi connectivity index (χ0n) is 14.1. The van der Waals surface area contributed by atoms with Gasteiger partial charge in [0.25, 0.3) is 11.4 Å². The molecule has 2 rings (SSSR count). The first kappa shape index (κ1) is 20.3. The normalized spacial score (nSPS) is 21.5. The largest absolute Gasteiger partial charge is 0.479 e. The Hall–Kier alpha value is -2.00. The molecule has 4 N–H and O–H groups in total. The van der Waals surface area contributed by atoms with Crippen LogP contribution in [0.15, 0.2) is 27.9 Å². The molecule has 0 fully saturated rings. The van der Waals surface area contributed by atoms with Crippen molar-refractivity contribution in [2.45, 2.75) is 32.2 Å². The van der Waals surface area contributed by atoms with Gasteiger partial charge < -0.3 is 24.2 Å². The van der Waals surface area contributed by atoms with Gasteiger partial charge in [-0.25, -0.2) is 9.59 Å². The zero-order chi connectivity index (χ0) is 19.5. The highest BCUT2D eigenvalue weighted by atomic mass is 31.2. The van der Waals surface area contributed by atoms with Crippen molar-refractivity contribution in [2.75, 3.05) is 6.61 Å². The van der Waals surface area contributed by atoms with Crippen LogP contribution in [0.1, 0.15) is 18.4 Å². The number of aliphatic carboxylic acids is 1. The minimum absolute atomic E-state index is 0.116. The van der Waals surface area contributed by atoms with Crippen LogP contribution in [0.4, 0.5) is 0 Å². The van der Waals surface area contributed by atoms with Crippen molar-refractivity contribution in [3.63, 3.8) is 0 Å². The lowest BCUT2D eigenvalue weighted by Gasteiger charge is -2.29. The number of allylic oxidation sites excluding steroid dienone is 2. The fourth-order valence-corrected chi connectivity index (χ4v) is 3.46. The third-order valence-corrected chi connectivity index (χ3v) is 5.30. The van der Waals surface area contributed by atoms with Crippen molar-refractivity contribution in [2.24, 2.45) is 11.8 Å². The van der Waals surface area contributed by atoms with Gasteiger partial charge in [-0.2, -0.15) is 0 Å². The van der Waals surface area contributed by atoms with Crippen molar-refractivity contribution in [1.29, 1.82) is 0 Å². The number of rotatable bonds is 7. The highest BCUT2D eigenvalue weighted by molar-refractivity contribution is 7.53. The Bertz CT molecular complexity index is 852. The minimum atomic E-state index is -4.94. The quantitative estimate of drug-likeness (QED) is 0.376. The monoisotopic (exact) mass is 388 g/mol. The summed E-state index contributed by atoms with van der Waals surface area (Å²) in [6, 6.07) is 0. The van der Waals surface area contributed by atoms with Crippen LogP contribution in [0.2, 0.25) is 0 Å². The molecule has 11 heteroatoms. The summed E-state index contributed by atoms with van der Waals surface area (Å²) < 4.78 is 17.6. The molecule has 0 amide bonds. The Morgan fingerprint density at radius 1 is 1.35 bits per heavy atom.